The molecule has 0 spiro atoms. The first-order valence-electron chi connectivity index (χ1n) is 10.7. The number of hydrogen-bond donors (Lipinski definition) is 1. The molecule has 1 N–H and O–H groups in total. The lowest BCUT2D eigenvalue weighted by atomic mass is 10.1. The minimum absolute atomic E-state index is 0.128. The maximum Gasteiger partial charge on any atom is 0.227 e. The molecule has 0 saturated carbocycles. The van der Waals surface area contributed by atoms with Crippen LogP contribution >= 0.6 is 0 Å². The summed E-state index contributed by atoms with van der Waals surface area (Å²) in [6.45, 7) is 0. The van der Waals surface area contributed by atoms with Crippen LogP contribution in [0.1, 0.15) is 29.7 Å². The number of benzene rings is 2. The van der Waals surface area contributed by atoms with Gasteiger partial charge < -0.3 is 14.4 Å². The number of carbonyl (C=O) groups excluding carboxylic acids is 1. The second kappa shape index (κ2) is 9.04. The predicted molar refractivity (Wildman–Crippen MR) is 123 cm³/mol. The van der Waals surface area contributed by atoms with Gasteiger partial charge in [0.05, 0.1) is 11.0 Å². The van der Waals surface area contributed by atoms with Gasteiger partial charge in [-0.25, -0.2) is 4.98 Å². The summed E-state index contributed by atoms with van der Waals surface area (Å²) < 4.78 is 7.34. The van der Waals surface area contributed by atoms with Gasteiger partial charge in [-0.05, 0) is 29.8 Å². The van der Waals surface area contributed by atoms with Gasteiger partial charge in [-0.15, -0.1) is 0 Å². The molecule has 0 bridgehead atoms. The fourth-order valence-electron chi connectivity index (χ4n) is 3.79. The molecule has 3 heterocycles. The zero-order valence-electron chi connectivity index (χ0n) is 18.0. The Labute approximate surface area is 190 Å². The van der Waals surface area contributed by atoms with Crippen molar-refractivity contribution < 1.29 is 9.32 Å². The number of fused-ring (bicyclic) bond motifs is 1. The normalized spacial score (nSPS) is 12.0. The van der Waals surface area contributed by atoms with Crippen molar-refractivity contribution in [3.05, 3.63) is 96.4 Å². The summed E-state index contributed by atoms with van der Waals surface area (Å²) in [7, 11) is 1.96. The topological polar surface area (TPSA) is 98.7 Å². The fourth-order valence-corrected chi connectivity index (χ4v) is 3.79. The number of carbonyl (C=O) groups is 1. The van der Waals surface area contributed by atoms with E-state index in [1.165, 1.54) is 0 Å². The second-order valence-electron chi connectivity index (χ2n) is 7.68. The quantitative estimate of drug-likeness (QED) is 0.414. The largest absolute Gasteiger partial charge is 0.342 e. The molecule has 164 valence electrons. The summed E-state index contributed by atoms with van der Waals surface area (Å²) in [6, 6.07) is 21.0. The highest BCUT2D eigenvalue weighted by Gasteiger charge is 2.23. The van der Waals surface area contributed by atoms with Crippen molar-refractivity contribution in [1.82, 2.24) is 30.0 Å². The molecule has 8 nitrogen and oxygen atoms in total. The molecule has 1 amide bonds. The molecule has 3 aromatic heterocycles. The third-order valence-corrected chi connectivity index (χ3v) is 5.47. The number of nitrogens with zero attached hydrogens (tertiary/aromatic N) is 5. The molecule has 2 aromatic carbocycles. The standard InChI is InChI=1S/C25H22N6O2/c1-31-20-12-6-5-11-19(20)27-25(31)23(17-8-3-2-4-9-17)28-21(32)13-14-22-29-24(30-33-22)18-10-7-15-26-16-18/h2-12,15-16,23H,13-14H2,1H3,(H,28,32). The van der Waals surface area contributed by atoms with Gasteiger partial charge >= 0.3 is 0 Å². The smallest absolute Gasteiger partial charge is 0.227 e. The number of nitrogens with one attached hydrogen (secondary N) is 1. The van der Waals surface area contributed by atoms with Crippen molar-refractivity contribution in [3.63, 3.8) is 0 Å². The van der Waals surface area contributed by atoms with E-state index in [2.05, 4.69) is 20.4 Å². The maximum atomic E-state index is 12.9. The number of rotatable bonds is 7. The van der Waals surface area contributed by atoms with Gasteiger partial charge in [0.2, 0.25) is 17.6 Å². The molecule has 0 fully saturated rings. The summed E-state index contributed by atoms with van der Waals surface area (Å²) in [4.78, 5) is 26.2. The van der Waals surface area contributed by atoms with E-state index in [1.54, 1.807) is 12.4 Å². The summed E-state index contributed by atoms with van der Waals surface area (Å²) in [5.74, 6) is 1.51. The minimum atomic E-state index is -0.385. The highest BCUT2D eigenvalue weighted by molar-refractivity contribution is 5.78. The van der Waals surface area contributed by atoms with Crippen LogP contribution in [0, 0.1) is 0 Å². The van der Waals surface area contributed by atoms with Crippen LogP contribution in [0.25, 0.3) is 22.4 Å². The molecular formula is C25H22N6O2. The molecule has 0 saturated heterocycles. The van der Waals surface area contributed by atoms with E-state index >= 15 is 0 Å². The fraction of sp³-hybridized carbons (Fsp3) is 0.160. The number of aryl methyl sites for hydroxylation is 2. The first-order valence-corrected chi connectivity index (χ1v) is 10.7. The Kier molecular flexibility index (Phi) is 5.63. The number of para-hydroxylation sites is 2. The third kappa shape index (κ3) is 4.36. The van der Waals surface area contributed by atoms with Crippen LogP contribution in [-0.4, -0.2) is 30.6 Å². The zero-order chi connectivity index (χ0) is 22.6. The number of imidazole rings is 1. The number of amides is 1. The lowest BCUT2D eigenvalue weighted by Crippen LogP contribution is -2.31. The molecule has 5 aromatic rings. The summed E-state index contributed by atoms with van der Waals surface area (Å²) in [5, 5.41) is 7.12. The van der Waals surface area contributed by atoms with Gasteiger partial charge in [0.25, 0.3) is 0 Å². The van der Waals surface area contributed by atoms with Crippen LogP contribution in [0.5, 0.6) is 0 Å². The molecule has 33 heavy (non-hydrogen) atoms. The Morgan fingerprint density at radius 1 is 1.03 bits per heavy atom. The minimum Gasteiger partial charge on any atom is -0.342 e. The van der Waals surface area contributed by atoms with Crippen LogP contribution < -0.4 is 5.32 Å². The highest BCUT2D eigenvalue weighted by atomic mass is 16.5. The number of aromatic nitrogens is 5. The van der Waals surface area contributed by atoms with Crippen LogP contribution in [0.4, 0.5) is 0 Å². The molecule has 5 rings (SSSR count). The lowest BCUT2D eigenvalue weighted by Gasteiger charge is -2.19. The van der Waals surface area contributed by atoms with Crippen molar-refractivity contribution in [3.8, 4) is 11.4 Å². The molecule has 1 atom stereocenters. The van der Waals surface area contributed by atoms with Crippen molar-refractivity contribution in [2.24, 2.45) is 7.05 Å². The molecule has 0 aliphatic carbocycles. The molecule has 0 radical (unpaired) electrons. The Morgan fingerprint density at radius 2 is 1.85 bits per heavy atom. The van der Waals surface area contributed by atoms with Crippen LogP contribution in [0.3, 0.4) is 0 Å². The van der Waals surface area contributed by atoms with E-state index in [0.717, 1.165) is 28.0 Å². The molecular weight excluding hydrogens is 416 g/mol. The molecule has 8 heteroatoms. The maximum absolute atomic E-state index is 12.9. The Balaban J connectivity index is 1.34. The number of hydrogen-bond acceptors (Lipinski definition) is 6. The first kappa shape index (κ1) is 20.6. The average molecular weight is 438 g/mol. The van der Waals surface area contributed by atoms with Crippen molar-refractivity contribution in [1.29, 1.82) is 0 Å². The van der Waals surface area contributed by atoms with E-state index < -0.39 is 0 Å². The Hall–Kier alpha value is -4.33. The van der Waals surface area contributed by atoms with Crippen LogP contribution in [-0.2, 0) is 18.3 Å². The average Bonchev–Trinajstić information content (AvgIpc) is 3.47. The third-order valence-electron chi connectivity index (χ3n) is 5.47. The molecule has 0 aliphatic rings. The summed E-state index contributed by atoms with van der Waals surface area (Å²) in [6.07, 6.45) is 3.90. The van der Waals surface area contributed by atoms with Gasteiger partial charge in [0.1, 0.15) is 11.9 Å². The van der Waals surface area contributed by atoms with Gasteiger partial charge in [0.15, 0.2) is 0 Å². The zero-order valence-corrected chi connectivity index (χ0v) is 18.0. The van der Waals surface area contributed by atoms with Crippen molar-refractivity contribution >= 4 is 16.9 Å². The van der Waals surface area contributed by atoms with E-state index in [0.29, 0.717) is 18.1 Å². The van der Waals surface area contributed by atoms with Gasteiger partial charge in [-0.2, -0.15) is 4.98 Å². The molecule has 1 unspecified atom stereocenters. The van der Waals surface area contributed by atoms with E-state index in [9.17, 15) is 4.79 Å². The monoisotopic (exact) mass is 438 g/mol. The van der Waals surface area contributed by atoms with Crippen LogP contribution in [0.15, 0.2) is 83.6 Å². The number of pyridine rings is 1. The van der Waals surface area contributed by atoms with Crippen molar-refractivity contribution in [2.45, 2.75) is 18.9 Å². The SMILES string of the molecule is Cn1c(C(NC(=O)CCc2nc(-c3cccnc3)no2)c2ccccc2)nc2ccccc21. The van der Waals surface area contributed by atoms with E-state index in [1.807, 2.05) is 78.3 Å². The highest BCUT2D eigenvalue weighted by Crippen LogP contribution is 2.25. The van der Waals surface area contributed by atoms with E-state index in [4.69, 9.17) is 9.51 Å². The summed E-state index contributed by atoms with van der Waals surface area (Å²) in [5.41, 5.74) is 3.62. The first-order chi connectivity index (χ1) is 16.2. The van der Waals surface area contributed by atoms with Gasteiger partial charge in [-0.3, -0.25) is 9.78 Å². The Bertz CT molecular complexity index is 1380. The Morgan fingerprint density at radius 3 is 2.64 bits per heavy atom. The van der Waals surface area contributed by atoms with Crippen LogP contribution in [0.2, 0.25) is 0 Å². The van der Waals surface area contributed by atoms with Gasteiger partial charge in [-0.1, -0.05) is 47.6 Å². The molecule has 0 aliphatic heterocycles. The lowest BCUT2D eigenvalue weighted by molar-refractivity contribution is -0.121. The second-order valence-corrected chi connectivity index (χ2v) is 7.68. The van der Waals surface area contributed by atoms with E-state index in [-0.39, 0.29) is 18.4 Å². The van der Waals surface area contributed by atoms with Crippen molar-refractivity contribution in [2.75, 3.05) is 0 Å². The predicted octanol–water partition coefficient (Wildman–Crippen LogP) is 3.86. The van der Waals surface area contributed by atoms with Gasteiger partial charge in [0, 0.05) is 37.8 Å². The summed E-state index contributed by atoms with van der Waals surface area (Å²) >= 11 is 0.